The fourth-order valence-corrected chi connectivity index (χ4v) is 3.95. The van der Waals surface area contributed by atoms with Gasteiger partial charge in [-0.25, -0.2) is 0 Å². The smallest absolute Gasteiger partial charge is 0.306 e. The molecule has 0 saturated carbocycles. The van der Waals surface area contributed by atoms with E-state index in [4.69, 9.17) is 4.74 Å². The van der Waals surface area contributed by atoms with Gasteiger partial charge in [-0.1, -0.05) is 72.1 Å². The molecule has 0 aliphatic carbocycles. The minimum absolute atomic E-state index is 0.225. The summed E-state index contributed by atoms with van der Waals surface area (Å²) in [5.41, 5.74) is 0. The summed E-state index contributed by atoms with van der Waals surface area (Å²) in [6.07, 6.45) is 10.7. The number of esters is 1. The Morgan fingerprint density at radius 2 is 1.38 bits per heavy atom. The fourth-order valence-electron chi connectivity index (χ4n) is 2.90. The summed E-state index contributed by atoms with van der Waals surface area (Å²) in [4.78, 5) is 11.9. The molecular formula is C18H36O5S. The molecule has 0 rings (SSSR count). The van der Waals surface area contributed by atoms with Crippen molar-refractivity contribution < 1.29 is 22.5 Å². The molecule has 2 atom stereocenters. The molecule has 0 bridgehead atoms. The average molecular weight is 365 g/mol. The molecule has 0 amide bonds. The van der Waals surface area contributed by atoms with Crippen LogP contribution < -0.4 is 0 Å². The van der Waals surface area contributed by atoms with Crippen LogP contribution in [0, 0.1) is 0 Å². The number of hydrogen-bond donors (Lipinski definition) is 1. The minimum Gasteiger partial charge on any atom is -0.461 e. The van der Waals surface area contributed by atoms with Gasteiger partial charge < -0.3 is 4.74 Å². The Morgan fingerprint density at radius 1 is 0.875 bits per heavy atom. The molecular weight excluding hydrogens is 328 g/mol. The SMILES string of the molecule is CCCCCCCCCCCC(=O)OC(CC)C(CC)S(=O)(=O)O. The summed E-state index contributed by atoms with van der Waals surface area (Å²) >= 11 is 0. The van der Waals surface area contributed by atoms with Crippen molar-refractivity contribution in [3.8, 4) is 0 Å². The van der Waals surface area contributed by atoms with E-state index >= 15 is 0 Å². The van der Waals surface area contributed by atoms with E-state index < -0.39 is 21.5 Å². The summed E-state index contributed by atoms with van der Waals surface area (Å²) in [6.45, 7) is 5.63. The molecule has 0 fully saturated rings. The summed E-state index contributed by atoms with van der Waals surface area (Å²) in [5, 5.41) is -1.03. The van der Waals surface area contributed by atoms with Crippen LogP contribution in [0.1, 0.15) is 97.8 Å². The number of rotatable bonds is 15. The third kappa shape index (κ3) is 11.0. The van der Waals surface area contributed by atoms with Crippen molar-refractivity contribution in [2.75, 3.05) is 0 Å². The van der Waals surface area contributed by atoms with Gasteiger partial charge in [0.1, 0.15) is 11.4 Å². The zero-order chi connectivity index (χ0) is 18.4. The molecule has 0 aromatic heterocycles. The molecule has 144 valence electrons. The van der Waals surface area contributed by atoms with Crippen molar-refractivity contribution in [2.24, 2.45) is 0 Å². The molecule has 1 N–H and O–H groups in total. The maximum Gasteiger partial charge on any atom is 0.306 e. The largest absolute Gasteiger partial charge is 0.461 e. The van der Waals surface area contributed by atoms with Crippen LogP contribution in [0.4, 0.5) is 0 Å². The van der Waals surface area contributed by atoms with E-state index in [2.05, 4.69) is 6.92 Å². The summed E-state index contributed by atoms with van der Waals surface area (Å²) in [7, 11) is -4.19. The van der Waals surface area contributed by atoms with Crippen molar-refractivity contribution in [2.45, 2.75) is 109 Å². The normalized spacial score (nSPS) is 14.3. The van der Waals surface area contributed by atoms with Gasteiger partial charge >= 0.3 is 5.97 Å². The molecule has 0 spiro atoms. The molecule has 0 heterocycles. The number of carbonyl (C=O) groups excluding carboxylic acids is 1. The Morgan fingerprint density at radius 3 is 1.79 bits per heavy atom. The van der Waals surface area contributed by atoms with Crippen molar-refractivity contribution in [3.05, 3.63) is 0 Å². The predicted octanol–water partition coefficient (Wildman–Crippen LogP) is 4.90. The van der Waals surface area contributed by atoms with Gasteiger partial charge in [0.05, 0.1) is 0 Å². The van der Waals surface area contributed by atoms with Crippen LogP contribution in [-0.2, 0) is 19.6 Å². The molecule has 0 aromatic rings. The Hall–Kier alpha value is -0.620. The molecule has 0 aromatic carbocycles. The molecule has 0 saturated heterocycles. The number of hydrogen-bond acceptors (Lipinski definition) is 4. The van der Waals surface area contributed by atoms with E-state index in [1.807, 2.05) is 0 Å². The van der Waals surface area contributed by atoms with Gasteiger partial charge in [0.2, 0.25) is 0 Å². The van der Waals surface area contributed by atoms with E-state index in [9.17, 15) is 17.8 Å². The van der Waals surface area contributed by atoms with Crippen LogP contribution in [0.25, 0.3) is 0 Å². The fraction of sp³-hybridized carbons (Fsp3) is 0.944. The Kier molecular flexibility index (Phi) is 13.3. The molecule has 2 unspecified atom stereocenters. The topological polar surface area (TPSA) is 80.7 Å². The van der Waals surface area contributed by atoms with E-state index in [-0.39, 0.29) is 12.4 Å². The Labute approximate surface area is 148 Å². The zero-order valence-electron chi connectivity index (χ0n) is 15.6. The number of ether oxygens (including phenoxy) is 1. The second kappa shape index (κ2) is 13.6. The first-order valence-electron chi connectivity index (χ1n) is 9.52. The van der Waals surface area contributed by atoms with Gasteiger partial charge in [0.25, 0.3) is 10.1 Å². The first-order chi connectivity index (χ1) is 11.4. The maximum absolute atomic E-state index is 11.9. The van der Waals surface area contributed by atoms with Crippen LogP contribution in [0.5, 0.6) is 0 Å². The van der Waals surface area contributed by atoms with E-state index in [0.717, 1.165) is 19.3 Å². The lowest BCUT2D eigenvalue weighted by Crippen LogP contribution is -2.36. The van der Waals surface area contributed by atoms with Crippen LogP contribution in [0.3, 0.4) is 0 Å². The van der Waals surface area contributed by atoms with Crippen molar-refractivity contribution >= 4 is 16.1 Å². The highest BCUT2D eigenvalue weighted by Crippen LogP contribution is 2.17. The van der Waals surface area contributed by atoms with Crippen molar-refractivity contribution in [1.29, 1.82) is 0 Å². The molecule has 5 nitrogen and oxygen atoms in total. The summed E-state index contributed by atoms with van der Waals surface area (Å²) in [6, 6.07) is 0. The van der Waals surface area contributed by atoms with Crippen LogP contribution >= 0.6 is 0 Å². The number of carbonyl (C=O) groups is 1. The Balaban J connectivity index is 3.91. The van der Waals surface area contributed by atoms with Crippen LogP contribution in [-0.4, -0.2) is 30.3 Å². The number of unbranched alkanes of at least 4 members (excludes halogenated alkanes) is 8. The maximum atomic E-state index is 11.9. The van der Waals surface area contributed by atoms with E-state index in [1.165, 1.54) is 38.5 Å². The molecule has 24 heavy (non-hydrogen) atoms. The van der Waals surface area contributed by atoms with E-state index in [0.29, 0.717) is 12.8 Å². The van der Waals surface area contributed by atoms with Crippen LogP contribution in [0.15, 0.2) is 0 Å². The lowest BCUT2D eigenvalue weighted by molar-refractivity contribution is -0.149. The third-order valence-electron chi connectivity index (χ3n) is 4.37. The van der Waals surface area contributed by atoms with Gasteiger partial charge in [0, 0.05) is 6.42 Å². The lowest BCUT2D eigenvalue weighted by Gasteiger charge is -2.22. The second-order valence-electron chi connectivity index (χ2n) is 6.48. The highest BCUT2D eigenvalue weighted by atomic mass is 32.2. The quantitative estimate of drug-likeness (QED) is 0.254. The zero-order valence-corrected chi connectivity index (χ0v) is 16.4. The Bertz CT molecular complexity index is 419. The average Bonchev–Trinajstić information content (AvgIpc) is 2.51. The van der Waals surface area contributed by atoms with Crippen molar-refractivity contribution in [1.82, 2.24) is 0 Å². The minimum atomic E-state index is -4.19. The lowest BCUT2D eigenvalue weighted by atomic mass is 10.1. The van der Waals surface area contributed by atoms with Gasteiger partial charge in [-0.15, -0.1) is 0 Å². The first-order valence-corrected chi connectivity index (χ1v) is 11.0. The monoisotopic (exact) mass is 364 g/mol. The van der Waals surface area contributed by atoms with Gasteiger partial charge in [-0.3, -0.25) is 9.35 Å². The summed E-state index contributed by atoms with van der Waals surface area (Å²) < 4.78 is 37.2. The molecule has 0 aliphatic heterocycles. The highest BCUT2D eigenvalue weighted by Gasteiger charge is 2.32. The summed E-state index contributed by atoms with van der Waals surface area (Å²) in [5.74, 6) is -0.369. The van der Waals surface area contributed by atoms with Crippen molar-refractivity contribution in [3.63, 3.8) is 0 Å². The predicted molar refractivity (Wildman–Crippen MR) is 97.6 cm³/mol. The van der Waals surface area contributed by atoms with Gasteiger partial charge in [-0.2, -0.15) is 8.42 Å². The van der Waals surface area contributed by atoms with Gasteiger partial charge in [-0.05, 0) is 19.3 Å². The first kappa shape index (κ1) is 23.4. The molecule has 0 aliphatic rings. The van der Waals surface area contributed by atoms with Crippen LogP contribution in [0.2, 0.25) is 0 Å². The van der Waals surface area contributed by atoms with Gasteiger partial charge in [0.15, 0.2) is 0 Å². The highest BCUT2D eigenvalue weighted by molar-refractivity contribution is 7.86. The molecule has 0 radical (unpaired) electrons. The van der Waals surface area contributed by atoms with E-state index in [1.54, 1.807) is 13.8 Å². The third-order valence-corrected chi connectivity index (χ3v) is 5.77. The molecule has 6 heteroatoms. The second-order valence-corrected chi connectivity index (χ2v) is 8.11. The standard InChI is InChI=1S/C18H36O5S/c1-4-7-8-9-10-11-12-13-14-15-18(19)23-16(5-2)17(6-3)24(20,21)22/h16-17H,4-15H2,1-3H3,(H,20,21,22).